The molecule has 2 aliphatic carbocycles. The Morgan fingerprint density at radius 2 is 1.78 bits per heavy atom. The summed E-state index contributed by atoms with van der Waals surface area (Å²) in [7, 11) is 0. The molecule has 0 aromatic rings. The summed E-state index contributed by atoms with van der Waals surface area (Å²) >= 11 is 0. The van der Waals surface area contributed by atoms with Gasteiger partial charge in [-0.2, -0.15) is 0 Å². The lowest BCUT2D eigenvalue weighted by atomic mass is 9.78. The van der Waals surface area contributed by atoms with Crippen molar-refractivity contribution in [3.63, 3.8) is 0 Å². The van der Waals surface area contributed by atoms with E-state index in [0.717, 1.165) is 38.5 Å². The van der Waals surface area contributed by atoms with E-state index in [2.05, 4.69) is 13.8 Å². The molecule has 0 aromatic carbocycles. The topological polar surface area (TPSA) is 52.3 Å². The molecule has 0 aromatic heterocycles. The quantitative estimate of drug-likeness (QED) is 0.770. The van der Waals surface area contributed by atoms with E-state index in [9.17, 15) is 4.79 Å². The fourth-order valence-electron chi connectivity index (χ4n) is 3.24. The number of hydrogen-bond donors (Lipinski definition) is 1. The van der Waals surface area contributed by atoms with E-state index in [0.29, 0.717) is 11.8 Å². The van der Waals surface area contributed by atoms with Gasteiger partial charge >= 0.3 is 5.97 Å². The number of carbonyl (C=O) groups is 1. The largest absolute Gasteiger partial charge is 0.461 e. The average Bonchev–Trinajstić information content (AvgIpc) is 2.33. The van der Waals surface area contributed by atoms with E-state index in [4.69, 9.17) is 10.5 Å². The molecule has 2 unspecified atom stereocenters. The summed E-state index contributed by atoms with van der Waals surface area (Å²) in [4.78, 5) is 12.3. The first kappa shape index (κ1) is 13.9. The van der Waals surface area contributed by atoms with Gasteiger partial charge in [-0.15, -0.1) is 0 Å². The molecule has 18 heavy (non-hydrogen) atoms. The summed E-state index contributed by atoms with van der Waals surface area (Å²) in [6.45, 7) is 4.47. The maximum atomic E-state index is 12.3. The summed E-state index contributed by atoms with van der Waals surface area (Å²) in [6, 6.07) is 0. The van der Waals surface area contributed by atoms with Crippen molar-refractivity contribution in [3.05, 3.63) is 0 Å². The zero-order chi connectivity index (χ0) is 13.2. The lowest BCUT2D eigenvalue weighted by Gasteiger charge is -2.36. The summed E-state index contributed by atoms with van der Waals surface area (Å²) in [5.74, 6) is 1.23. The first-order valence-electron chi connectivity index (χ1n) is 7.49. The van der Waals surface area contributed by atoms with Gasteiger partial charge in [-0.25, -0.2) is 0 Å². The molecule has 0 saturated heterocycles. The first-order chi connectivity index (χ1) is 8.49. The average molecular weight is 253 g/mol. The lowest BCUT2D eigenvalue weighted by Crippen LogP contribution is -2.52. The number of carbonyl (C=O) groups excluding carboxylic acids is 1. The third kappa shape index (κ3) is 3.25. The smallest absolute Gasteiger partial charge is 0.326 e. The first-order valence-corrected chi connectivity index (χ1v) is 7.49. The van der Waals surface area contributed by atoms with Gasteiger partial charge in [-0.05, 0) is 56.8 Å². The van der Waals surface area contributed by atoms with Crippen LogP contribution in [0.1, 0.15) is 65.2 Å². The molecule has 0 spiro atoms. The van der Waals surface area contributed by atoms with E-state index in [1.807, 2.05) is 0 Å². The van der Waals surface area contributed by atoms with Gasteiger partial charge in [0.2, 0.25) is 0 Å². The van der Waals surface area contributed by atoms with Crippen LogP contribution in [0.5, 0.6) is 0 Å². The van der Waals surface area contributed by atoms with Crippen molar-refractivity contribution in [1.82, 2.24) is 0 Å². The Hall–Kier alpha value is -0.570. The maximum absolute atomic E-state index is 12.3. The zero-order valence-electron chi connectivity index (χ0n) is 11.8. The molecule has 2 atom stereocenters. The molecule has 0 aliphatic heterocycles. The molecule has 2 N–H and O–H groups in total. The van der Waals surface area contributed by atoms with Gasteiger partial charge in [0.15, 0.2) is 0 Å². The lowest BCUT2D eigenvalue weighted by molar-refractivity contribution is -0.159. The van der Waals surface area contributed by atoms with Crippen molar-refractivity contribution in [2.75, 3.05) is 0 Å². The molecular formula is C15H27NO2. The molecule has 3 heteroatoms. The number of rotatable bonds is 2. The summed E-state index contributed by atoms with van der Waals surface area (Å²) < 4.78 is 5.68. The van der Waals surface area contributed by atoms with Crippen LogP contribution in [0.25, 0.3) is 0 Å². The van der Waals surface area contributed by atoms with Gasteiger partial charge in [0, 0.05) is 0 Å². The number of nitrogens with two attached hydrogens (primary N) is 1. The Bertz CT molecular complexity index is 295. The fraction of sp³-hybridized carbons (Fsp3) is 0.933. The molecule has 2 aliphatic rings. The van der Waals surface area contributed by atoms with Crippen molar-refractivity contribution in [1.29, 1.82) is 0 Å². The highest BCUT2D eigenvalue weighted by molar-refractivity contribution is 5.80. The fourth-order valence-corrected chi connectivity index (χ4v) is 3.24. The summed E-state index contributed by atoms with van der Waals surface area (Å²) in [6.07, 6.45) is 8.25. The molecule has 3 nitrogen and oxygen atoms in total. The molecule has 2 fully saturated rings. The van der Waals surface area contributed by atoms with Crippen LogP contribution in [-0.2, 0) is 9.53 Å². The van der Waals surface area contributed by atoms with Gasteiger partial charge in [-0.3, -0.25) is 4.79 Å². The molecule has 2 saturated carbocycles. The van der Waals surface area contributed by atoms with Crippen molar-refractivity contribution >= 4 is 5.97 Å². The van der Waals surface area contributed by atoms with Crippen LogP contribution in [0.4, 0.5) is 0 Å². The van der Waals surface area contributed by atoms with Crippen molar-refractivity contribution in [3.8, 4) is 0 Å². The molecule has 0 heterocycles. The normalized spacial score (nSPS) is 41.4. The van der Waals surface area contributed by atoms with Crippen LogP contribution in [0.3, 0.4) is 0 Å². The van der Waals surface area contributed by atoms with Crippen molar-refractivity contribution < 1.29 is 9.53 Å². The van der Waals surface area contributed by atoms with Crippen molar-refractivity contribution in [2.24, 2.45) is 17.6 Å². The van der Waals surface area contributed by atoms with E-state index in [1.54, 1.807) is 0 Å². The predicted octanol–water partition coefficient (Wildman–Crippen LogP) is 3.02. The van der Waals surface area contributed by atoms with E-state index in [-0.39, 0.29) is 12.1 Å². The van der Waals surface area contributed by atoms with Gasteiger partial charge < -0.3 is 10.5 Å². The standard InChI is InChI=1S/C15H27NO2/c1-11-6-8-15(16,9-7-11)14(17)18-13-5-3-4-12(2)10-13/h11-13H,3-10,16H2,1-2H3. The minimum Gasteiger partial charge on any atom is -0.461 e. The molecular weight excluding hydrogens is 226 g/mol. The molecule has 0 bridgehead atoms. The Morgan fingerprint density at radius 1 is 1.11 bits per heavy atom. The van der Waals surface area contributed by atoms with E-state index in [1.165, 1.54) is 12.8 Å². The van der Waals surface area contributed by atoms with Crippen LogP contribution in [0.15, 0.2) is 0 Å². The highest BCUT2D eigenvalue weighted by atomic mass is 16.5. The Morgan fingerprint density at radius 3 is 2.39 bits per heavy atom. The van der Waals surface area contributed by atoms with E-state index >= 15 is 0 Å². The number of ether oxygens (including phenoxy) is 1. The Balaban J connectivity index is 1.87. The second-order valence-electron chi connectivity index (χ2n) is 6.64. The predicted molar refractivity (Wildman–Crippen MR) is 72.1 cm³/mol. The van der Waals surface area contributed by atoms with E-state index < -0.39 is 5.54 Å². The Kier molecular flexibility index (Phi) is 4.31. The molecule has 0 radical (unpaired) electrons. The minimum atomic E-state index is -0.701. The summed E-state index contributed by atoms with van der Waals surface area (Å²) in [5, 5.41) is 0. The maximum Gasteiger partial charge on any atom is 0.326 e. The third-order valence-corrected chi connectivity index (χ3v) is 4.74. The van der Waals surface area contributed by atoms with Crippen molar-refractivity contribution in [2.45, 2.75) is 76.9 Å². The SMILES string of the molecule is CC1CCC(N)(C(=O)OC2CCCC(C)C2)CC1. The van der Waals surface area contributed by atoms with Crippen LogP contribution in [-0.4, -0.2) is 17.6 Å². The molecule has 2 rings (SSSR count). The van der Waals surface area contributed by atoms with Gasteiger partial charge in [0.1, 0.15) is 11.6 Å². The van der Waals surface area contributed by atoms with Gasteiger partial charge in [0.05, 0.1) is 0 Å². The van der Waals surface area contributed by atoms with Crippen LogP contribution >= 0.6 is 0 Å². The molecule has 0 amide bonds. The Labute approximate surface area is 110 Å². The number of hydrogen-bond acceptors (Lipinski definition) is 3. The van der Waals surface area contributed by atoms with Gasteiger partial charge in [-0.1, -0.05) is 20.3 Å². The third-order valence-electron chi connectivity index (χ3n) is 4.74. The second-order valence-corrected chi connectivity index (χ2v) is 6.64. The number of esters is 1. The summed E-state index contributed by atoms with van der Waals surface area (Å²) in [5.41, 5.74) is 5.54. The zero-order valence-corrected chi connectivity index (χ0v) is 11.8. The van der Waals surface area contributed by atoms with Crippen LogP contribution < -0.4 is 5.73 Å². The highest BCUT2D eigenvalue weighted by Crippen LogP contribution is 2.33. The second kappa shape index (κ2) is 5.60. The van der Waals surface area contributed by atoms with Gasteiger partial charge in [0.25, 0.3) is 0 Å². The molecule has 104 valence electrons. The van der Waals surface area contributed by atoms with Crippen LogP contribution in [0, 0.1) is 11.8 Å². The highest BCUT2D eigenvalue weighted by Gasteiger charge is 2.40. The minimum absolute atomic E-state index is 0.112. The monoisotopic (exact) mass is 253 g/mol. The van der Waals surface area contributed by atoms with Crippen LogP contribution in [0.2, 0.25) is 0 Å².